The number of amides is 1. The number of anilines is 1. The van der Waals surface area contributed by atoms with Gasteiger partial charge in [-0.3, -0.25) is 0 Å². The van der Waals surface area contributed by atoms with Crippen LogP contribution in [0.1, 0.15) is 33.6 Å². The van der Waals surface area contributed by atoms with Crippen LogP contribution in [-0.4, -0.2) is 57.9 Å². The number of nitrogens with zero attached hydrogens (tertiary/aromatic N) is 5. The molecule has 0 bridgehead atoms. The van der Waals surface area contributed by atoms with Gasteiger partial charge < -0.3 is 14.5 Å². The van der Waals surface area contributed by atoms with E-state index in [1.165, 1.54) is 0 Å². The number of aromatic nitrogens is 3. The lowest BCUT2D eigenvalue weighted by Gasteiger charge is -2.35. The highest BCUT2D eigenvalue weighted by atomic mass is 16.6. The summed E-state index contributed by atoms with van der Waals surface area (Å²) in [6.45, 7) is 8.23. The van der Waals surface area contributed by atoms with Gasteiger partial charge in [0.1, 0.15) is 11.4 Å². The third kappa shape index (κ3) is 4.41. The summed E-state index contributed by atoms with van der Waals surface area (Å²) < 4.78 is 7.24. The molecule has 1 unspecified atom stereocenters. The molecule has 136 valence electrons. The minimum Gasteiger partial charge on any atom is -0.444 e. The van der Waals surface area contributed by atoms with Crippen LogP contribution >= 0.6 is 0 Å². The Kier molecular flexibility index (Phi) is 4.83. The number of carbonyl (C=O) groups is 1. The smallest absolute Gasteiger partial charge is 0.410 e. The van der Waals surface area contributed by atoms with Gasteiger partial charge in [0.25, 0.3) is 0 Å². The summed E-state index contributed by atoms with van der Waals surface area (Å²) in [5.41, 5.74) is 0.385. The second-order valence-electron chi connectivity index (χ2n) is 7.74. The molecule has 0 aromatic carbocycles. The molecule has 2 aromatic rings. The second kappa shape index (κ2) is 6.90. The largest absolute Gasteiger partial charge is 0.444 e. The van der Waals surface area contributed by atoms with E-state index in [2.05, 4.69) is 15.0 Å². The van der Waals surface area contributed by atoms with E-state index < -0.39 is 5.60 Å². The van der Waals surface area contributed by atoms with Crippen molar-refractivity contribution in [3.63, 3.8) is 0 Å². The number of hydrogen-bond donors (Lipinski definition) is 0. The SMILES string of the molecule is CN(CC1CCCN(c2ccc3nccn3n2)C1)C(=O)OC(C)(C)C. The van der Waals surface area contributed by atoms with Crippen LogP contribution in [0, 0.1) is 5.92 Å². The van der Waals surface area contributed by atoms with Crippen LogP contribution in [-0.2, 0) is 4.74 Å². The standard InChI is InChI=1S/C18H27N5O2/c1-18(2,3)25-17(24)21(4)12-14-6-5-10-22(13-14)16-8-7-15-19-9-11-23(15)20-16/h7-9,11,14H,5-6,10,12-13H2,1-4H3. The van der Waals surface area contributed by atoms with Crippen molar-refractivity contribution in [2.24, 2.45) is 5.92 Å². The van der Waals surface area contributed by atoms with Crippen LogP contribution < -0.4 is 4.90 Å². The highest BCUT2D eigenvalue weighted by Crippen LogP contribution is 2.23. The lowest BCUT2D eigenvalue weighted by molar-refractivity contribution is 0.0269. The highest BCUT2D eigenvalue weighted by Gasteiger charge is 2.26. The predicted octanol–water partition coefficient (Wildman–Crippen LogP) is 2.81. The Labute approximate surface area is 148 Å². The maximum atomic E-state index is 12.2. The van der Waals surface area contributed by atoms with Gasteiger partial charge in [-0.1, -0.05) is 0 Å². The first kappa shape index (κ1) is 17.5. The lowest BCUT2D eigenvalue weighted by atomic mass is 9.97. The Bertz CT molecular complexity index is 736. The summed E-state index contributed by atoms with van der Waals surface area (Å²) in [4.78, 5) is 20.4. The van der Waals surface area contributed by atoms with Crippen molar-refractivity contribution in [2.75, 3.05) is 31.6 Å². The van der Waals surface area contributed by atoms with Gasteiger partial charge in [-0.05, 0) is 51.7 Å². The molecule has 1 amide bonds. The number of fused-ring (bicyclic) bond motifs is 1. The molecule has 3 heterocycles. The third-order valence-corrected chi connectivity index (χ3v) is 4.32. The van der Waals surface area contributed by atoms with Gasteiger partial charge in [-0.2, -0.15) is 0 Å². The lowest BCUT2D eigenvalue weighted by Crippen LogP contribution is -2.43. The third-order valence-electron chi connectivity index (χ3n) is 4.32. The van der Waals surface area contributed by atoms with E-state index in [1.54, 1.807) is 15.6 Å². The van der Waals surface area contributed by atoms with Crippen molar-refractivity contribution in [2.45, 2.75) is 39.2 Å². The molecule has 1 aliphatic heterocycles. The summed E-state index contributed by atoms with van der Waals surface area (Å²) in [5, 5.41) is 4.63. The molecule has 25 heavy (non-hydrogen) atoms. The first-order chi connectivity index (χ1) is 11.8. The molecule has 0 N–H and O–H groups in total. The topological polar surface area (TPSA) is 63.0 Å². The van der Waals surface area contributed by atoms with Gasteiger partial charge in [-0.15, -0.1) is 5.10 Å². The minimum atomic E-state index is -0.464. The van der Waals surface area contributed by atoms with E-state index >= 15 is 0 Å². The molecule has 1 aliphatic rings. The fraction of sp³-hybridized carbons (Fsp3) is 0.611. The van der Waals surface area contributed by atoms with Crippen molar-refractivity contribution >= 4 is 17.6 Å². The van der Waals surface area contributed by atoms with Crippen LogP contribution in [0.5, 0.6) is 0 Å². The zero-order valence-corrected chi connectivity index (χ0v) is 15.5. The molecule has 0 saturated carbocycles. The average Bonchev–Trinajstić information content (AvgIpc) is 3.01. The number of rotatable bonds is 3. The van der Waals surface area contributed by atoms with Crippen molar-refractivity contribution in [1.82, 2.24) is 19.5 Å². The Morgan fingerprint density at radius 1 is 1.40 bits per heavy atom. The summed E-state index contributed by atoms with van der Waals surface area (Å²) >= 11 is 0. The highest BCUT2D eigenvalue weighted by molar-refractivity contribution is 5.67. The first-order valence-electron chi connectivity index (χ1n) is 8.81. The van der Waals surface area contributed by atoms with Crippen LogP contribution in [0.3, 0.4) is 0 Å². The number of ether oxygens (including phenoxy) is 1. The Hall–Kier alpha value is -2.31. The van der Waals surface area contributed by atoms with Gasteiger partial charge in [-0.25, -0.2) is 14.3 Å². The van der Waals surface area contributed by atoms with Crippen molar-refractivity contribution in [1.29, 1.82) is 0 Å². The average molecular weight is 345 g/mol. The molecule has 1 fully saturated rings. The molecular formula is C18H27N5O2. The van der Waals surface area contributed by atoms with E-state index in [9.17, 15) is 4.79 Å². The fourth-order valence-electron chi connectivity index (χ4n) is 3.20. The fourth-order valence-corrected chi connectivity index (χ4v) is 3.20. The predicted molar refractivity (Wildman–Crippen MR) is 96.8 cm³/mol. The van der Waals surface area contributed by atoms with Gasteiger partial charge in [0.15, 0.2) is 5.65 Å². The molecule has 7 nitrogen and oxygen atoms in total. The van der Waals surface area contributed by atoms with E-state index in [0.29, 0.717) is 12.5 Å². The number of hydrogen-bond acceptors (Lipinski definition) is 5. The molecule has 7 heteroatoms. The zero-order valence-electron chi connectivity index (χ0n) is 15.5. The van der Waals surface area contributed by atoms with E-state index in [-0.39, 0.29) is 6.09 Å². The van der Waals surface area contributed by atoms with Gasteiger partial charge in [0.2, 0.25) is 0 Å². The number of carbonyl (C=O) groups excluding carboxylic acids is 1. The summed E-state index contributed by atoms with van der Waals surface area (Å²) in [6.07, 6.45) is 5.55. The normalized spacial score (nSPS) is 18.4. The summed E-state index contributed by atoms with van der Waals surface area (Å²) in [5.74, 6) is 1.36. The van der Waals surface area contributed by atoms with Crippen molar-refractivity contribution in [3.05, 3.63) is 24.5 Å². The van der Waals surface area contributed by atoms with Crippen LogP contribution in [0.2, 0.25) is 0 Å². The van der Waals surface area contributed by atoms with Crippen LogP contribution in [0.25, 0.3) is 5.65 Å². The van der Waals surface area contributed by atoms with Gasteiger partial charge in [0, 0.05) is 39.1 Å². The number of piperidine rings is 1. The Balaban J connectivity index is 1.61. The Morgan fingerprint density at radius 3 is 2.96 bits per heavy atom. The summed E-state index contributed by atoms with van der Waals surface area (Å²) in [6, 6.07) is 4.00. The minimum absolute atomic E-state index is 0.261. The second-order valence-corrected chi connectivity index (χ2v) is 7.74. The van der Waals surface area contributed by atoms with Gasteiger partial charge in [0.05, 0.1) is 0 Å². The molecule has 3 rings (SSSR count). The molecule has 0 radical (unpaired) electrons. The van der Waals surface area contributed by atoms with E-state index in [0.717, 1.165) is 37.4 Å². The molecule has 2 aromatic heterocycles. The van der Waals surface area contributed by atoms with Crippen LogP contribution in [0.4, 0.5) is 10.6 Å². The van der Waals surface area contributed by atoms with E-state index in [1.807, 2.05) is 46.1 Å². The molecule has 1 saturated heterocycles. The quantitative estimate of drug-likeness (QED) is 0.856. The summed E-state index contributed by atoms with van der Waals surface area (Å²) in [7, 11) is 1.81. The van der Waals surface area contributed by atoms with Crippen molar-refractivity contribution < 1.29 is 9.53 Å². The van der Waals surface area contributed by atoms with Gasteiger partial charge >= 0.3 is 6.09 Å². The maximum absolute atomic E-state index is 12.2. The first-order valence-corrected chi connectivity index (χ1v) is 8.81. The monoisotopic (exact) mass is 345 g/mol. The van der Waals surface area contributed by atoms with E-state index in [4.69, 9.17) is 4.74 Å². The van der Waals surface area contributed by atoms with Crippen molar-refractivity contribution in [3.8, 4) is 0 Å². The molecule has 0 aliphatic carbocycles. The molecular weight excluding hydrogens is 318 g/mol. The molecule has 0 spiro atoms. The number of imidazole rings is 1. The molecule has 1 atom stereocenters. The van der Waals surface area contributed by atoms with Crippen LogP contribution in [0.15, 0.2) is 24.5 Å². The Morgan fingerprint density at radius 2 is 2.20 bits per heavy atom. The maximum Gasteiger partial charge on any atom is 0.410 e. The zero-order chi connectivity index (χ0) is 18.0.